The van der Waals surface area contributed by atoms with Crippen LogP contribution in [0.1, 0.15) is 59.3 Å². The zero-order chi connectivity index (χ0) is 39.9. The molecule has 0 saturated carbocycles. The highest BCUT2D eigenvalue weighted by Crippen LogP contribution is 2.03. The van der Waals surface area contributed by atoms with Gasteiger partial charge in [-0.3, -0.25) is 19.6 Å². The minimum absolute atomic E-state index is 0.206. The molecule has 0 aliphatic rings. The van der Waals surface area contributed by atoms with Gasteiger partial charge in [0.25, 0.3) is 0 Å². The third-order valence-corrected chi connectivity index (χ3v) is 10.1. The maximum atomic E-state index is 6.09. The number of nitrogens with zero attached hydrogens (tertiary/aromatic N) is 6. The van der Waals surface area contributed by atoms with Gasteiger partial charge in [0.1, 0.15) is 0 Å². The SMILES string of the molecule is CCCCCCN(CCNCCN(CCNCCN)CCN(CCNCCC)CCN(CCN)CCN(CCN)CCC(C)N)CCN(CCN)CCN. The largest absolute Gasteiger partial charge is 0.329 e. The first-order chi connectivity index (χ1) is 26.4. The summed E-state index contributed by atoms with van der Waals surface area (Å²) in [5.41, 5.74) is 35.6. The highest BCUT2D eigenvalue weighted by atomic mass is 15.3. The highest BCUT2D eigenvalue weighted by molar-refractivity contribution is 4.73. The van der Waals surface area contributed by atoms with Crippen molar-refractivity contribution in [1.82, 2.24) is 45.3 Å². The third-order valence-electron chi connectivity index (χ3n) is 10.1. The molecule has 15 nitrogen and oxygen atoms in total. The summed E-state index contributed by atoms with van der Waals surface area (Å²) in [7, 11) is 0. The van der Waals surface area contributed by atoms with E-state index in [9.17, 15) is 0 Å². The first-order valence-electron chi connectivity index (χ1n) is 22.1. The van der Waals surface area contributed by atoms with Gasteiger partial charge in [0.2, 0.25) is 0 Å². The summed E-state index contributed by atoms with van der Waals surface area (Å²) < 4.78 is 0. The molecule has 326 valence electrons. The van der Waals surface area contributed by atoms with Crippen LogP contribution >= 0.6 is 0 Å². The standard InChI is InChI=1S/C39H95N15/c1-4-6-7-8-21-49(31-33-51(24-12-42)25-13-43)27-19-48-20-29-53(28-18-47-16-10-40)36-38-54(30-17-46-15-5-2)37-35-52(26-14-44)34-32-50(23-11-41)22-9-39(3)45/h39,46-48H,4-38,40-45H2,1-3H3. The van der Waals surface area contributed by atoms with E-state index in [-0.39, 0.29) is 6.04 Å². The second kappa shape index (κ2) is 40.6. The van der Waals surface area contributed by atoms with Crippen molar-refractivity contribution in [2.24, 2.45) is 34.4 Å². The van der Waals surface area contributed by atoms with Gasteiger partial charge in [-0.05, 0) is 45.8 Å². The molecule has 0 fully saturated rings. The third kappa shape index (κ3) is 33.5. The van der Waals surface area contributed by atoms with Crippen LogP contribution in [0.15, 0.2) is 0 Å². The Morgan fingerprint density at radius 2 is 0.704 bits per heavy atom. The number of nitrogens with two attached hydrogens (primary N) is 6. The molecular formula is C39H95N15. The molecule has 1 unspecified atom stereocenters. The molecular weight excluding hydrogens is 679 g/mol. The lowest BCUT2D eigenvalue weighted by molar-refractivity contribution is 0.162. The van der Waals surface area contributed by atoms with E-state index < -0.39 is 0 Å². The maximum absolute atomic E-state index is 6.09. The van der Waals surface area contributed by atoms with Crippen molar-refractivity contribution in [3.8, 4) is 0 Å². The average Bonchev–Trinajstić information content (AvgIpc) is 3.16. The lowest BCUT2D eigenvalue weighted by Gasteiger charge is -2.31. The van der Waals surface area contributed by atoms with Gasteiger partial charge in [0, 0.05) is 176 Å². The van der Waals surface area contributed by atoms with Gasteiger partial charge in [-0.25, -0.2) is 0 Å². The van der Waals surface area contributed by atoms with Gasteiger partial charge in [-0.2, -0.15) is 0 Å². The maximum Gasteiger partial charge on any atom is 0.0110 e. The molecule has 15 N–H and O–H groups in total. The van der Waals surface area contributed by atoms with Crippen LogP contribution in [0.25, 0.3) is 0 Å². The van der Waals surface area contributed by atoms with Crippen molar-refractivity contribution in [3.63, 3.8) is 0 Å². The summed E-state index contributed by atoms with van der Waals surface area (Å²) in [4.78, 5) is 15.3. The Morgan fingerprint density at radius 1 is 0.352 bits per heavy atom. The smallest absolute Gasteiger partial charge is 0.0110 e. The van der Waals surface area contributed by atoms with Crippen LogP contribution in [0.4, 0.5) is 0 Å². The summed E-state index contributed by atoms with van der Waals surface area (Å²) in [5.74, 6) is 0. The van der Waals surface area contributed by atoms with Gasteiger partial charge < -0.3 is 60.2 Å². The monoisotopic (exact) mass is 774 g/mol. The molecule has 0 amide bonds. The first kappa shape index (κ1) is 53.4. The van der Waals surface area contributed by atoms with Crippen molar-refractivity contribution in [3.05, 3.63) is 0 Å². The van der Waals surface area contributed by atoms with Gasteiger partial charge in [0.05, 0.1) is 0 Å². The fourth-order valence-electron chi connectivity index (χ4n) is 6.63. The topological polar surface area (TPSA) is 212 Å². The van der Waals surface area contributed by atoms with E-state index in [4.69, 9.17) is 34.4 Å². The van der Waals surface area contributed by atoms with Crippen molar-refractivity contribution >= 4 is 0 Å². The molecule has 0 rings (SSSR count). The van der Waals surface area contributed by atoms with Gasteiger partial charge in [-0.15, -0.1) is 0 Å². The van der Waals surface area contributed by atoms with Crippen LogP contribution in [0, 0.1) is 0 Å². The number of hydrogen-bond acceptors (Lipinski definition) is 15. The molecule has 0 saturated heterocycles. The van der Waals surface area contributed by atoms with E-state index in [1.807, 2.05) is 0 Å². The van der Waals surface area contributed by atoms with E-state index >= 15 is 0 Å². The average molecular weight is 774 g/mol. The first-order valence-corrected chi connectivity index (χ1v) is 22.1. The van der Waals surface area contributed by atoms with Crippen LogP contribution in [0.5, 0.6) is 0 Å². The molecule has 0 aliphatic heterocycles. The van der Waals surface area contributed by atoms with Crippen molar-refractivity contribution < 1.29 is 0 Å². The predicted octanol–water partition coefficient (Wildman–Crippen LogP) is -1.91. The number of hydrogen-bond donors (Lipinski definition) is 9. The Balaban J connectivity index is 5.27. The Labute approximate surface area is 334 Å². The number of nitrogens with one attached hydrogen (secondary N) is 3. The van der Waals surface area contributed by atoms with Crippen LogP contribution in [0.2, 0.25) is 0 Å². The molecule has 0 spiro atoms. The number of rotatable bonds is 44. The van der Waals surface area contributed by atoms with Crippen LogP contribution in [-0.4, -0.2) is 225 Å². The van der Waals surface area contributed by atoms with Gasteiger partial charge in [0.15, 0.2) is 0 Å². The van der Waals surface area contributed by atoms with Gasteiger partial charge in [-0.1, -0.05) is 33.1 Å². The Hall–Kier alpha value is -0.600. The van der Waals surface area contributed by atoms with E-state index in [0.717, 1.165) is 170 Å². The summed E-state index contributed by atoms with van der Waals surface area (Å²) in [6.45, 7) is 34.0. The van der Waals surface area contributed by atoms with E-state index in [2.05, 4.69) is 66.1 Å². The van der Waals surface area contributed by atoms with Crippen molar-refractivity contribution in [1.29, 1.82) is 0 Å². The minimum atomic E-state index is 0.206. The fraction of sp³-hybridized carbons (Fsp3) is 1.00. The van der Waals surface area contributed by atoms with E-state index in [0.29, 0.717) is 32.7 Å². The highest BCUT2D eigenvalue weighted by Gasteiger charge is 2.14. The fourth-order valence-corrected chi connectivity index (χ4v) is 6.63. The van der Waals surface area contributed by atoms with Crippen LogP contribution in [0.3, 0.4) is 0 Å². The Bertz CT molecular complexity index is 732. The predicted molar refractivity (Wildman–Crippen MR) is 235 cm³/mol. The summed E-state index contributed by atoms with van der Waals surface area (Å²) in [6.07, 6.45) is 7.30. The zero-order valence-electron chi connectivity index (χ0n) is 36.0. The lowest BCUT2D eigenvalue weighted by atomic mass is 10.2. The van der Waals surface area contributed by atoms with Crippen molar-refractivity contribution in [2.75, 3.05) is 190 Å². The normalized spacial score (nSPS) is 12.9. The Morgan fingerprint density at radius 3 is 1.09 bits per heavy atom. The molecule has 15 heteroatoms. The molecule has 1 atom stereocenters. The minimum Gasteiger partial charge on any atom is -0.329 e. The van der Waals surface area contributed by atoms with Crippen LogP contribution < -0.4 is 50.4 Å². The molecule has 54 heavy (non-hydrogen) atoms. The molecule has 0 radical (unpaired) electrons. The Kier molecular flexibility index (Phi) is 40.1. The number of unbranched alkanes of at least 4 members (excludes halogenated alkanes) is 3. The van der Waals surface area contributed by atoms with Gasteiger partial charge >= 0.3 is 0 Å². The summed E-state index contributed by atoms with van der Waals surface area (Å²) >= 11 is 0. The quantitative estimate of drug-likeness (QED) is 0.0310. The summed E-state index contributed by atoms with van der Waals surface area (Å²) in [5, 5.41) is 10.9. The zero-order valence-corrected chi connectivity index (χ0v) is 36.0. The molecule has 0 aromatic heterocycles. The lowest BCUT2D eigenvalue weighted by Crippen LogP contribution is -2.47. The second-order valence-electron chi connectivity index (χ2n) is 15.1. The molecule has 0 aliphatic carbocycles. The summed E-state index contributed by atoms with van der Waals surface area (Å²) in [6, 6.07) is 0.206. The van der Waals surface area contributed by atoms with E-state index in [1.54, 1.807) is 0 Å². The molecule has 0 heterocycles. The second-order valence-corrected chi connectivity index (χ2v) is 15.1. The van der Waals surface area contributed by atoms with Crippen LogP contribution in [-0.2, 0) is 0 Å². The molecule has 0 aromatic carbocycles. The molecule has 0 aromatic rings. The van der Waals surface area contributed by atoms with E-state index in [1.165, 1.54) is 25.7 Å². The molecule has 0 bridgehead atoms. The van der Waals surface area contributed by atoms with Crippen molar-refractivity contribution in [2.45, 2.75) is 65.3 Å².